The van der Waals surface area contributed by atoms with Crippen molar-refractivity contribution < 1.29 is 28.5 Å². The number of hydrogen-bond donors (Lipinski definition) is 3. The molecule has 1 heterocycles. The summed E-state index contributed by atoms with van der Waals surface area (Å²) in [5.41, 5.74) is 18.1. The molecule has 0 atom stereocenters. The molecule has 13 rings (SSSR count). The van der Waals surface area contributed by atoms with Gasteiger partial charge >= 0.3 is 0 Å². The molecule has 0 aliphatic rings. The van der Waals surface area contributed by atoms with Crippen LogP contribution in [0.15, 0.2) is 249 Å². The first-order valence-electron chi connectivity index (χ1n) is 35.7. The van der Waals surface area contributed by atoms with E-state index in [0.29, 0.717) is 69.1 Å². The Morgan fingerprint density at radius 1 is 0.353 bits per heavy atom. The van der Waals surface area contributed by atoms with E-state index in [1.807, 2.05) is 105 Å². The molecule has 0 saturated heterocycles. The highest BCUT2D eigenvalue weighted by molar-refractivity contribution is 6.11. The number of aryl methyl sites for hydroxylation is 2. The van der Waals surface area contributed by atoms with Crippen LogP contribution in [0.4, 0.5) is 20.2 Å². The third kappa shape index (κ3) is 15.0. The fourth-order valence-corrected chi connectivity index (χ4v) is 15.6. The predicted molar refractivity (Wildman–Crippen MR) is 422 cm³/mol. The number of fused-ring (bicyclic) bond motifs is 3. The van der Waals surface area contributed by atoms with Gasteiger partial charge in [-0.1, -0.05) is 251 Å². The van der Waals surface area contributed by atoms with Gasteiger partial charge in [0.05, 0.1) is 35.6 Å². The average molecular weight is 1350 g/mol. The normalized spacial score (nSPS) is 12.1. The summed E-state index contributed by atoms with van der Waals surface area (Å²) in [6, 6.07) is 83.4. The van der Waals surface area contributed by atoms with Gasteiger partial charge in [0.15, 0.2) is 0 Å². The number of rotatable bonds is 21. The monoisotopic (exact) mass is 1350 g/mol. The summed E-state index contributed by atoms with van der Waals surface area (Å²) >= 11 is 0. The molecule has 3 N–H and O–H groups in total. The summed E-state index contributed by atoms with van der Waals surface area (Å²) in [6.45, 7) is 26.5. The standard InChI is InChI=1S/C94H92F2N2O4/c1-60-47-73(95)56-80(78-52-71(93(9,10)58-91(3,4)5)54-83(87(78)99)97-82-49-68(63-29-19-14-20-30-63)39-42-75(82)67-37-35-66(36-38-67)62-27-17-13-18-28-62)89(60)101-45-25-26-46-102-90-61(2)48-74(96)57-81(90)79-53-72(94(11,12)59-92(6,7)8)55-86(88(79)100)98-84-50-69(64-31-21-15-22-32-64)40-43-76(84)77-44-41-70(51-85(77)98)65-33-23-16-24-34-65/h13-24,27-44,47-57,97,99-100H,25-26,45-46,58-59H2,1-12H3. The maximum absolute atomic E-state index is 16.3. The van der Waals surface area contributed by atoms with Crippen molar-refractivity contribution in [3.05, 3.63) is 283 Å². The highest BCUT2D eigenvalue weighted by atomic mass is 19.1. The zero-order valence-corrected chi connectivity index (χ0v) is 60.8. The summed E-state index contributed by atoms with van der Waals surface area (Å²) in [4.78, 5) is 0. The number of anilines is 2. The summed E-state index contributed by atoms with van der Waals surface area (Å²) in [7, 11) is 0. The molecule has 12 aromatic carbocycles. The summed E-state index contributed by atoms with van der Waals surface area (Å²) in [6.07, 6.45) is 2.70. The summed E-state index contributed by atoms with van der Waals surface area (Å²) in [5, 5.41) is 32.0. The van der Waals surface area contributed by atoms with Gasteiger partial charge in [0.1, 0.15) is 34.6 Å². The van der Waals surface area contributed by atoms with Crippen molar-refractivity contribution >= 4 is 33.2 Å². The number of halogens is 2. The quantitative estimate of drug-likeness (QED) is 0.0494. The van der Waals surface area contributed by atoms with Crippen LogP contribution in [0.5, 0.6) is 23.0 Å². The maximum atomic E-state index is 16.3. The van der Waals surface area contributed by atoms with E-state index in [0.717, 1.165) is 107 Å². The van der Waals surface area contributed by atoms with Gasteiger partial charge in [-0.05, 0) is 200 Å². The van der Waals surface area contributed by atoms with Crippen LogP contribution in [-0.2, 0) is 10.8 Å². The molecule has 8 heteroatoms. The molecule has 0 aliphatic carbocycles. The van der Waals surface area contributed by atoms with Crippen LogP contribution in [0.25, 0.3) is 105 Å². The summed E-state index contributed by atoms with van der Waals surface area (Å²) < 4.78 is 48.4. The van der Waals surface area contributed by atoms with Gasteiger partial charge in [0.2, 0.25) is 0 Å². The number of phenols is 2. The van der Waals surface area contributed by atoms with Crippen molar-refractivity contribution in [3.8, 4) is 107 Å². The zero-order chi connectivity index (χ0) is 71.8. The fourth-order valence-electron chi connectivity index (χ4n) is 15.6. The molecule has 0 spiro atoms. The van der Waals surface area contributed by atoms with Gasteiger partial charge in [0, 0.05) is 44.3 Å². The molecule has 0 saturated carbocycles. The molecule has 1 aromatic heterocycles. The van der Waals surface area contributed by atoms with Crippen LogP contribution >= 0.6 is 0 Å². The number of aromatic nitrogens is 1. The smallest absolute Gasteiger partial charge is 0.147 e. The Hall–Kier alpha value is -10.7. The Labute approximate surface area is 601 Å². The van der Waals surface area contributed by atoms with Crippen LogP contribution in [-0.4, -0.2) is 28.0 Å². The van der Waals surface area contributed by atoms with Gasteiger partial charge in [-0.15, -0.1) is 0 Å². The van der Waals surface area contributed by atoms with Gasteiger partial charge in [-0.25, -0.2) is 8.78 Å². The molecule has 0 radical (unpaired) electrons. The molecule has 516 valence electrons. The number of benzene rings is 12. The van der Waals surface area contributed by atoms with E-state index < -0.39 is 22.5 Å². The molecule has 0 bridgehead atoms. The van der Waals surface area contributed by atoms with Crippen LogP contribution < -0.4 is 14.8 Å². The Morgan fingerprint density at radius 3 is 1.17 bits per heavy atom. The second kappa shape index (κ2) is 28.4. The Kier molecular flexibility index (Phi) is 19.4. The minimum absolute atomic E-state index is 0.00249. The number of unbranched alkanes of at least 4 members (excludes halogenated alkanes) is 1. The molecule has 6 nitrogen and oxygen atoms in total. The van der Waals surface area contributed by atoms with Crippen molar-refractivity contribution in [3.63, 3.8) is 0 Å². The third-order valence-electron chi connectivity index (χ3n) is 19.7. The molecule has 13 aromatic rings. The van der Waals surface area contributed by atoms with Crippen LogP contribution in [0, 0.1) is 36.3 Å². The fraction of sp³-hybridized carbons (Fsp3) is 0.234. The van der Waals surface area contributed by atoms with E-state index in [-0.39, 0.29) is 35.5 Å². The van der Waals surface area contributed by atoms with Crippen molar-refractivity contribution in [2.45, 2.75) is 120 Å². The van der Waals surface area contributed by atoms with Gasteiger partial charge in [-0.2, -0.15) is 0 Å². The lowest BCUT2D eigenvalue weighted by Crippen LogP contribution is -2.25. The van der Waals surface area contributed by atoms with E-state index in [1.54, 1.807) is 0 Å². The lowest BCUT2D eigenvalue weighted by molar-refractivity contribution is 0.265. The van der Waals surface area contributed by atoms with Crippen molar-refractivity contribution in [1.29, 1.82) is 0 Å². The van der Waals surface area contributed by atoms with Gasteiger partial charge in [-0.3, -0.25) is 0 Å². The van der Waals surface area contributed by atoms with E-state index >= 15 is 8.78 Å². The van der Waals surface area contributed by atoms with Gasteiger partial charge < -0.3 is 29.6 Å². The number of hydrogen-bond acceptors (Lipinski definition) is 5. The topological polar surface area (TPSA) is 75.9 Å². The number of nitrogens with one attached hydrogen (secondary N) is 1. The maximum Gasteiger partial charge on any atom is 0.147 e. The lowest BCUT2D eigenvalue weighted by Gasteiger charge is -2.34. The second-order valence-electron chi connectivity index (χ2n) is 31.4. The minimum Gasteiger partial charge on any atom is -0.505 e. The number of phenolic OH excluding ortho intramolecular Hbond substituents is 2. The SMILES string of the molecule is Cc1cc(F)cc(-c2cc(C(C)(C)CC(C)(C)C)cc(Nc3cc(-c4ccccc4)ccc3-c3ccc(-c4ccccc4)cc3)c2O)c1OCCCCOc1c(C)cc(F)cc1-c1cc(C(C)(C)CC(C)(C)C)cc(-n2c3cc(-c4ccccc4)ccc3c3ccc(-c4ccccc4)cc32)c1O. The molecular weight excluding hydrogens is 1260 g/mol. The lowest BCUT2D eigenvalue weighted by atomic mass is 9.71. The second-order valence-corrected chi connectivity index (χ2v) is 31.4. The van der Waals surface area contributed by atoms with Crippen LogP contribution in [0.1, 0.15) is 117 Å². The van der Waals surface area contributed by atoms with Crippen LogP contribution in [0.3, 0.4) is 0 Å². The first-order chi connectivity index (χ1) is 48.8. The summed E-state index contributed by atoms with van der Waals surface area (Å²) in [5.74, 6) is -0.0183. The Morgan fingerprint density at radius 2 is 0.725 bits per heavy atom. The molecular formula is C94H92F2N2O4. The van der Waals surface area contributed by atoms with Crippen molar-refractivity contribution in [2.75, 3.05) is 18.5 Å². The largest absolute Gasteiger partial charge is 0.505 e. The molecule has 0 aliphatic heterocycles. The number of ether oxygens (including phenoxy) is 2. The first kappa shape index (κ1) is 69.8. The third-order valence-corrected chi connectivity index (χ3v) is 19.7. The number of nitrogens with zero attached hydrogens (tertiary/aromatic N) is 1. The van der Waals surface area contributed by atoms with E-state index in [2.05, 4.69) is 213 Å². The average Bonchev–Trinajstić information content (AvgIpc) is 1.52. The zero-order valence-electron chi connectivity index (χ0n) is 60.8. The van der Waals surface area contributed by atoms with E-state index in [9.17, 15) is 10.2 Å². The molecule has 0 fully saturated rings. The van der Waals surface area contributed by atoms with Gasteiger partial charge in [0.25, 0.3) is 0 Å². The van der Waals surface area contributed by atoms with E-state index in [1.165, 1.54) is 24.3 Å². The molecule has 0 amide bonds. The molecule has 102 heavy (non-hydrogen) atoms. The van der Waals surface area contributed by atoms with Crippen LogP contribution in [0.2, 0.25) is 0 Å². The van der Waals surface area contributed by atoms with Crippen molar-refractivity contribution in [1.82, 2.24) is 4.57 Å². The number of aromatic hydroxyl groups is 2. The first-order valence-corrected chi connectivity index (χ1v) is 35.7. The van der Waals surface area contributed by atoms with Crippen molar-refractivity contribution in [2.24, 2.45) is 10.8 Å². The Balaban J connectivity index is 0.836. The molecule has 0 unspecified atom stereocenters. The minimum atomic E-state index is -0.454. The Bertz CT molecular complexity index is 5100. The van der Waals surface area contributed by atoms with E-state index in [4.69, 9.17) is 9.47 Å². The predicted octanol–water partition coefficient (Wildman–Crippen LogP) is 26.2. The highest BCUT2D eigenvalue weighted by Crippen LogP contribution is 2.51. The highest BCUT2D eigenvalue weighted by Gasteiger charge is 2.33.